The van der Waals surface area contributed by atoms with E-state index < -0.39 is 11.0 Å². The van der Waals surface area contributed by atoms with Crippen LogP contribution in [0.5, 0.6) is 11.5 Å². The molecule has 1 aromatic carbocycles. The summed E-state index contributed by atoms with van der Waals surface area (Å²) in [6.45, 7) is 1.38. The number of hydrogen-bond donors (Lipinski definition) is 1. The Morgan fingerprint density at radius 2 is 1.90 bits per heavy atom. The van der Waals surface area contributed by atoms with E-state index in [0.29, 0.717) is 30.3 Å². The molecular weight excluding hydrogens is 264 g/mol. The van der Waals surface area contributed by atoms with Crippen molar-refractivity contribution in [1.29, 1.82) is 0 Å². The Hall–Kier alpha value is -1.86. The number of nitro groups is 1. The number of nitrogens with zero attached hydrogens (tertiary/aromatic N) is 1. The van der Waals surface area contributed by atoms with Crippen LogP contribution in [-0.2, 0) is 4.74 Å². The van der Waals surface area contributed by atoms with Crippen LogP contribution in [-0.4, -0.2) is 24.9 Å². The van der Waals surface area contributed by atoms with E-state index in [1.807, 2.05) is 0 Å². The van der Waals surface area contributed by atoms with Crippen molar-refractivity contribution in [2.24, 2.45) is 11.7 Å². The lowest BCUT2D eigenvalue weighted by molar-refractivity contribution is -0.385. The van der Waals surface area contributed by atoms with Gasteiger partial charge < -0.3 is 19.9 Å². The van der Waals surface area contributed by atoms with Gasteiger partial charge in [-0.25, -0.2) is 0 Å². The lowest BCUT2D eigenvalue weighted by Crippen LogP contribution is -2.28. The predicted octanol–water partition coefficient (Wildman–Crippen LogP) is 1.75. The van der Waals surface area contributed by atoms with E-state index in [0.717, 1.165) is 12.8 Å². The summed E-state index contributed by atoms with van der Waals surface area (Å²) in [5.41, 5.74) is 6.75. The van der Waals surface area contributed by atoms with Crippen molar-refractivity contribution < 1.29 is 19.1 Å². The van der Waals surface area contributed by atoms with Gasteiger partial charge in [0.15, 0.2) is 11.5 Å². The van der Waals surface area contributed by atoms with Gasteiger partial charge in [0.2, 0.25) is 6.79 Å². The molecule has 0 saturated carbocycles. The standard InChI is InChI=1S/C13H16N2O5/c14-13(8-1-3-18-4-2-8)9-5-11-12(20-7-19-11)6-10(9)15(16)17/h5-6,8,13H,1-4,7,14H2/t13-/m1/s1. The van der Waals surface area contributed by atoms with Crippen molar-refractivity contribution in [3.8, 4) is 11.5 Å². The van der Waals surface area contributed by atoms with Crippen LogP contribution in [0, 0.1) is 16.0 Å². The van der Waals surface area contributed by atoms with Gasteiger partial charge in [-0.2, -0.15) is 0 Å². The molecule has 1 fully saturated rings. The van der Waals surface area contributed by atoms with E-state index in [2.05, 4.69) is 0 Å². The highest BCUT2D eigenvalue weighted by molar-refractivity contribution is 5.56. The van der Waals surface area contributed by atoms with Gasteiger partial charge in [0, 0.05) is 19.3 Å². The van der Waals surface area contributed by atoms with Gasteiger partial charge in [-0.05, 0) is 24.8 Å². The third-order valence-electron chi connectivity index (χ3n) is 3.85. The van der Waals surface area contributed by atoms with E-state index in [1.165, 1.54) is 6.07 Å². The number of rotatable bonds is 3. The van der Waals surface area contributed by atoms with E-state index >= 15 is 0 Å². The first-order valence-corrected chi connectivity index (χ1v) is 6.58. The van der Waals surface area contributed by atoms with Gasteiger partial charge in [0.1, 0.15) is 0 Å². The summed E-state index contributed by atoms with van der Waals surface area (Å²) in [6, 6.07) is 2.64. The smallest absolute Gasteiger partial charge is 0.278 e. The molecule has 2 aliphatic rings. The molecule has 7 heteroatoms. The minimum atomic E-state index is -0.420. The van der Waals surface area contributed by atoms with Gasteiger partial charge in [0.25, 0.3) is 5.69 Å². The molecule has 0 spiro atoms. The summed E-state index contributed by atoms with van der Waals surface area (Å²) in [5, 5.41) is 11.2. The van der Waals surface area contributed by atoms with Gasteiger partial charge in [-0.15, -0.1) is 0 Å². The average Bonchev–Trinajstić information content (AvgIpc) is 2.93. The lowest BCUT2D eigenvalue weighted by atomic mass is 9.87. The van der Waals surface area contributed by atoms with Crippen LogP contribution in [0.2, 0.25) is 0 Å². The molecule has 0 radical (unpaired) electrons. The molecule has 0 bridgehead atoms. The van der Waals surface area contributed by atoms with Crippen LogP contribution >= 0.6 is 0 Å². The minimum Gasteiger partial charge on any atom is -0.454 e. The van der Waals surface area contributed by atoms with Gasteiger partial charge >= 0.3 is 0 Å². The molecule has 0 aliphatic carbocycles. The third kappa shape index (κ3) is 2.30. The quantitative estimate of drug-likeness (QED) is 0.669. The maximum absolute atomic E-state index is 11.2. The molecule has 1 saturated heterocycles. The lowest BCUT2D eigenvalue weighted by Gasteiger charge is -2.27. The van der Waals surface area contributed by atoms with Crippen molar-refractivity contribution >= 4 is 5.69 Å². The number of hydrogen-bond acceptors (Lipinski definition) is 6. The monoisotopic (exact) mass is 280 g/mol. The molecular formula is C13H16N2O5. The fourth-order valence-electron chi connectivity index (χ4n) is 2.70. The molecule has 7 nitrogen and oxygen atoms in total. The van der Waals surface area contributed by atoms with Crippen LogP contribution in [0.1, 0.15) is 24.4 Å². The topological polar surface area (TPSA) is 96.9 Å². The highest BCUT2D eigenvalue weighted by Gasteiger charge is 2.31. The van der Waals surface area contributed by atoms with Gasteiger partial charge in [-0.1, -0.05) is 0 Å². The second-order valence-electron chi connectivity index (χ2n) is 5.00. The van der Waals surface area contributed by atoms with Crippen LogP contribution < -0.4 is 15.2 Å². The number of ether oxygens (including phenoxy) is 3. The molecule has 108 valence electrons. The summed E-state index contributed by atoms with van der Waals surface area (Å²) in [6.07, 6.45) is 1.62. The van der Waals surface area contributed by atoms with E-state index in [1.54, 1.807) is 6.07 Å². The van der Waals surface area contributed by atoms with Crippen molar-refractivity contribution in [3.05, 3.63) is 27.8 Å². The number of nitro benzene ring substituents is 1. The van der Waals surface area contributed by atoms with Gasteiger partial charge in [0.05, 0.1) is 16.6 Å². The molecule has 1 aromatic rings. The van der Waals surface area contributed by atoms with Crippen LogP contribution in [0.15, 0.2) is 12.1 Å². The van der Waals surface area contributed by atoms with Crippen molar-refractivity contribution in [2.45, 2.75) is 18.9 Å². The Bertz CT molecular complexity index is 528. The predicted molar refractivity (Wildman–Crippen MR) is 69.7 cm³/mol. The maximum Gasteiger partial charge on any atom is 0.278 e. The number of fused-ring (bicyclic) bond motifs is 1. The van der Waals surface area contributed by atoms with Crippen molar-refractivity contribution in [3.63, 3.8) is 0 Å². The minimum absolute atomic E-state index is 0.00626. The fraction of sp³-hybridized carbons (Fsp3) is 0.538. The third-order valence-corrected chi connectivity index (χ3v) is 3.85. The highest BCUT2D eigenvalue weighted by Crippen LogP contribution is 2.42. The largest absolute Gasteiger partial charge is 0.454 e. The Labute approximate surface area is 115 Å². The molecule has 0 amide bonds. The second-order valence-corrected chi connectivity index (χ2v) is 5.00. The average molecular weight is 280 g/mol. The first kappa shape index (κ1) is 13.1. The Morgan fingerprint density at radius 3 is 2.55 bits per heavy atom. The molecule has 2 N–H and O–H groups in total. The zero-order valence-electron chi connectivity index (χ0n) is 10.9. The molecule has 0 unspecified atom stereocenters. The zero-order chi connectivity index (χ0) is 14.1. The van der Waals surface area contributed by atoms with Gasteiger partial charge in [-0.3, -0.25) is 10.1 Å². The summed E-state index contributed by atoms with van der Waals surface area (Å²) >= 11 is 0. The molecule has 3 rings (SSSR count). The Kier molecular flexibility index (Phi) is 3.45. The Balaban J connectivity index is 1.96. The summed E-state index contributed by atoms with van der Waals surface area (Å²) in [7, 11) is 0. The van der Waals surface area contributed by atoms with E-state index in [-0.39, 0.29) is 18.4 Å². The highest BCUT2D eigenvalue weighted by atomic mass is 16.7. The molecule has 2 heterocycles. The zero-order valence-corrected chi connectivity index (χ0v) is 10.9. The van der Waals surface area contributed by atoms with E-state index in [9.17, 15) is 10.1 Å². The first-order chi connectivity index (χ1) is 9.66. The Morgan fingerprint density at radius 1 is 1.25 bits per heavy atom. The summed E-state index contributed by atoms with van der Waals surface area (Å²) in [4.78, 5) is 10.8. The van der Waals surface area contributed by atoms with Crippen molar-refractivity contribution in [1.82, 2.24) is 0 Å². The molecule has 2 aliphatic heterocycles. The van der Waals surface area contributed by atoms with Crippen LogP contribution in [0.3, 0.4) is 0 Å². The first-order valence-electron chi connectivity index (χ1n) is 6.58. The fourth-order valence-corrected chi connectivity index (χ4v) is 2.70. The molecule has 1 atom stereocenters. The second kappa shape index (κ2) is 5.26. The normalized spacial score (nSPS) is 19.9. The van der Waals surface area contributed by atoms with Crippen molar-refractivity contribution in [2.75, 3.05) is 20.0 Å². The SMILES string of the molecule is N[C@@H](c1cc2c(cc1[N+](=O)[O-])OCO2)C1CCOCC1. The number of benzene rings is 1. The summed E-state index contributed by atoms with van der Waals surface area (Å²) < 4.78 is 15.8. The molecule has 20 heavy (non-hydrogen) atoms. The van der Waals surface area contributed by atoms with E-state index in [4.69, 9.17) is 19.9 Å². The van der Waals surface area contributed by atoms with Crippen LogP contribution in [0.25, 0.3) is 0 Å². The van der Waals surface area contributed by atoms with Crippen LogP contribution in [0.4, 0.5) is 5.69 Å². The summed E-state index contributed by atoms with van der Waals surface area (Å²) in [5.74, 6) is 1.11. The number of nitrogens with two attached hydrogens (primary N) is 1. The maximum atomic E-state index is 11.2. The molecule has 0 aromatic heterocycles.